The van der Waals surface area contributed by atoms with Crippen LogP contribution in [0.5, 0.6) is 5.75 Å². The Balaban J connectivity index is 1.43. The van der Waals surface area contributed by atoms with Crippen molar-refractivity contribution in [3.8, 4) is 17.1 Å². The van der Waals surface area contributed by atoms with Crippen LogP contribution in [0.4, 0.5) is 22.0 Å². The van der Waals surface area contributed by atoms with Crippen LogP contribution in [0, 0.1) is 0 Å². The van der Waals surface area contributed by atoms with Crippen molar-refractivity contribution in [2.24, 2.45) is 0 Å². The van der Waals surface area contributed by atoms with Crippen molar-refractivity contribution in [2.75, 3.05) is 75.6 Å². The van der Waals surface area contributed by atoms with Crippen molar-refractivity contribution in [1.29, 1.82) is 0 Å². The number of hydrogen-bond donors (Lipinski definition) is 4. The predicted octanol–water partition coefficient (Wildman–Crippen LogP) is 3.01. The normalized spacial score (nSPS) is 13.0. The van der Waals surface area contributed by atoms with Gasteiger partial charge < -0.3 is 40.3 Å². The number of anilines is 3. The number of likely N-dealkylation sites (N-methyl/N-ethyl adjacent to an activating group) is 1. The molecule has 1 aliphatic rings. The summed E-state index contributed by atoms with van der Waals surface area (Å²) in [5, 5.41) is 18.2. The van der Waals surface area contributed by atoms with E-state index in [1.54, 1.807) is 55.5 Å². The Morgan fingerprint density at radius 3 is 2.17 bits per heavy atom. The van der Waals surface area contributed by atoms with E-state index in [4.69, 9.17) is 9.47 Å². The van der Waals surface area contributed by atoms with Gasteiger partial charge in [0.25, 0.3) is 5.91 Å². The average molecular weight is 578 g/mol. The molecule has 1 fully saturated rings. The quantitative estimate of drug-likeness (QED) is 0.267. The number of rotatable bonds is 11. The van der Waals surface area contributed by atoms with E-state index in [0.29, 0.717) is 61.2 Å². The summed E-state index contributed by atoms with van der Waals surface area (Å²) in [6, 6.07) is 12.9. The Morgan fingerprint density at radius 2 is 1.60 bits per heavy atom. The topological polar surface area (TPSA) is 158 Å². The van der Waals surface area contributed by atoms with Gasteiger partial charge in [-0.25, -0.2) is 19.6 Å². The second kappa shape index (κ2) is 14.2. The van der Waals surface area contributed by atoms with E-state index in [-0.39, 0.29) is 29.8 Å². The van der Waals surface area contributed by atoms with E-state index in [2.05, 4.69) is 25.9 Å². The minimum Gasteiger partial charge on any atom is -0.488 e. The van der Waals surface area contributed by atoms with E-state index < -0.39 is 12.0 Å². The van der Waals surface area contributed by atoms with E-state index in [9.17, 15) is 19.5 Å². The molecule has 1 saturated heterocycles. The largest absolute Gasteiger partial charge is 0.488 e. The van der Waals surface area contributed by atoms with E-state index in [1.807, 2.05) is 23.9 Å². The lowest BCUT2D eigenvalue weighted by atomic mass is 10.1. The van der Waals surface area contributed by atoms with Crippen LogP contribution in [-0.2, 0) is 4.74 Å². The Labute approximate surface area is 243 Å². The molecule has 42 heavy (non-hydrogen) atoms. The van der Waals surface area contributed by atoms with Gasteiger partial charge in [0.2, 0.25) is 0 Å². The number of benzene rings is 2. The molecule has 0 radical (unpaired) electrons. The van der Waals surface area contributed by atoms with Gasteiger partial charge in [-0.3, -0.25) is 4.79 Å². The summed E-state index contributed by atoms with van der Waals surface area (Å²) >= 11 is 0. The maximum absolute atomic E-state index is 12.6. The maximum atomic E-state index is 12.6. The van der Waals surface area contributed by atoms with Crippen molar-refractivity contribution in [3.05, 3.63) is 59.8 Å². The fraction of sp³-hybridized carbons (Fsp3) is 0.345. The highest BCUT2D eigenvalue weighted by Crippen LogP contribution is 2.33. The van der Waals surface area contributed by atoms with Gasteiger partial charge in [0.1, 0.15) is 0 Å². The number of ether oxygens (including phenoxy) is 2. The zero-order chi connectivity index (χ0) is 30.1. The molecular weight excluding hydrogens is 542 g/mol. The number of carboxylic acids is 1. The van der Waals surface area contributed by atoms with Gasteiger partial charge in [0.05, 0.1) is 19.8 Å². The van der Waals surface area contributed by atoms with Gasteiger partial charge in [0, 0.05) is 48.7 Å². The first-order valence-corrected chi connectivity index (χ1v) is 13.6. The van der Waals surface area contributed by atoms with Crippen LogP contribution in [0.25, 0.3) is 11.4 Å². The Bertz CT molecular complexity index is 1390. The minimum atomic E-state index is -1.22. The Hall–Kier alpha value is -4.75. The summed E-state index contributed by atoms with van der Waals surface area (Å²) in [5.74, 6) is -0.648. The smallest absolute Gasteiger partial charge is 0.358 e. The number of nitrogens with one attached hydrogen (secondary N) is 3. The number of morpholine rings is 1. The van der Waals surface area contributed by atoms with Crippen LogP contribution in [0.2, 0.25) is 0 Å². The van der Waals surface area contributed by atoms with E-state index in [0.717, 1.165) is 6.54 Å². The zero-order valence-electron chi connectivity index (χ0n) is 23.8. The fourth-order valence-electron chi connectivity index (χ4n) is 4.18. The molecule has 0 atom stereocenters. The third kappa shape index (κ3) is 7.92. The van der Waals surface area contributed by atoms with Gasteiger partial charge in [-0.05, 0) is 69.6 Å². The summed E-state index contributed by atoms with van der Waals surface area (Å²) in [6.07, 6.45) is 0. The highest BCUT2D eigenvalue weighted by molar-refractivity contribution is 6.00. The first kappa shape index (κ1) is 30.2. The van der Waals surface area contributed by atoms with Crippen molar-refractivity contribution >= 4 is 35.1 Å². The summed E-state index contributed by atoms with van der Waals surface area (Å²) in [6.45, 7) is 5.37. The molecule has 0 unspecified atom stereocenters. The number of aromatic carboxylic acids is 1. The second-order valence-electron chi connectivity index (χ2n) is 9.68. The number of urea groups is 1. The van der Waals surface area contributed by atoms with Crippen LogP contribution >= 0.6 is 0 Å². The van der Waals surface area contributed by atoms with Crippen molar-refractivity contribution in [1.82, 2.24) is 20.2 Å². The van der Waals surface area contributed by atoms with Crippen molar-refractivity contribution in [3.63, 3.8) is 0 Å². The second-order valence-corrected chi connectivity index (χ2v) is 9.68. The van der Waals surface area contributed by atoms with Gasteiger partial charge in [-0.2, -0.15) is 0 Å². The lowest BCUT2D eigenvalue weighted by Crippen LogP contribution is -2.37. The molecule has 4 N–H and O–H groups in total. The van der Waals surface area contributed by atoms with Crippen LogP contribution in [0.1, 0.15) is 27.8 Å². The number of nitrogens with zero attached hydrogens (tertiary/aromatic N) is 4. The first-order chi connectivity index (χ1) is 20.2. The molecule has 4 rings (SSSR count). The maximum Gasteiger partial charge on any atom is 0.358 e. The molecule has 0 bridgehead atoms. The molecule has 1 aromatic heterocycles. The number of aromatic nitrogens is 2. The van der Waals surface area contributed by atoms with Crippen LogP contribution < -0.4 is 25.6 Å². The van der Waals surface area contributed by atoms with Gasteiger partial charge >= 0.3 is 12.0 Å². The number of carbonyl (C=O) groups excluding carboxylic acids is 2. The van der Waals surface area contributed by atoms with E-state index >= 15 is 0 Å². The molecule has 13 heteroatoms. The Morgan fingerprint density at radius 1 is 0.976 bits per heavy atom. The molecule has 1 aliphatic heterocycles. The van der Waals surface area contributed by atoms with Crippen LogP contribution in [0.3, 0.4) is 0 Å². The standard InChI is InChI=1S/C29H35N7O6/c1-4-42-24-23(28(38)39)33-25(34-26(24)36-15-17-41-18-16-36)19-5-9-21(10-6-19)31-29(40)32-22-11-7-20(8-12-22)27(37)30-13-14-35(2)3/h5-12H,4,13-18H2,1-3H3,(H,30,37)(H,38,39)(H2,31,32,40). The van der Waals surface area contributed by atoms with Crippen LogP contribution in [0.15, 0.2) is 48.5 Å². The average Bonchev–Trinajstić information content (AvgIpc) is 2.98. The monoisotopic (exact) mass is 577 g/mol. The minimum absolute atomic E-state index is 0.128. The predicted molar refractivity (Wildman–Crippen MR) is 159 cm³/mol. The zero-order valence-corrected chi connectivity index (χ0v) is 23.8. The Kier molecular flexibility index (Phi) is 10.2. The molecular formula is C29H35N7O6. The molecule has 2 aromatic carbocycles. The molecule has 0 saturated carbocycles. The lowest BCUT2D eigenvalue weighted by molar-refractivity contribution is 0.0685. The lowest BCUT2D eigenvalue weighted by Gasteiger charge is -2.29. The molecule has 0 aliphatic carbocycles. The summed E-state index contributed by atoms with van der Waals surface area (Å²) in [4.78, 5) is 49.7. The van der Waals surface area contributed by atoms with Gasteiger partial charge in [0.15, 0.2) is 23.1 Å². The van der Waals surface area contributed by atoms with Gasteiger partial charge in [-0.1, -0.05) is 0 Å². The third-order valence-electron chi connectivity index (χ3n) is 6.30. The van der Waals surface area contributed by atoms with Crippen molar-refractivity contribution in [2.45, 2.75) is 6.92 Å². The molecule has 13 nitrogen and oxygen atoms in total. The molecule has 0 spiro atoms. The molecule has 222 valence electrons. The van der Waals surface area contributed by atoms with E-state index in [1.165, 1.54) is 0 Å². The summed E-state index contributed by atoms with van der Waals surface area (Å²) in [5.41, 5.74) is 1.87. The number of carboxylic acid groups (broad SMARTS) is 1. The molecule has 3 aromatic rings. The fourth-order valence-corrected chi connectivity index (χ4v) is 4.18. The third-order valence-corrected chi connectivity index (χ3v) is 6.30. The summed E-state index contributed by atoms with van der Waals surface area (Å²) in [7, 11) is 3.86. The highest BCUT2D eigenvalue weighted by atomic mass is 16.5. The SMILES string of the molecule is CCOc1c(C(=O)O)nc(-c2ccc(NC(=O)Nc3ccc(C(=O)NCCN(C)C)cc3)cc2)nc1N1CCOCC1. The van der Waals surface area contributed by atoms with Crippen molar-refractivity contribution < 1.29 is 29.0 Å². The van der Waals surface area contributed by atoms with Crippen LogP contribution in [-0.4, -0.2) is 98.0 Å². The molecule has 3 amide bonds. The number of amides is 3. The molecule has 2 heterocycles. The number of hydrogen-bond acceptors (Lipinski definition) is 9. The van der Waals surface area contributed by atoms with Gasteiger partial charge in [-0.15, -0.1) is 0 Å². The first-order valence-electron chi connectivity index (χ1n) is 13.6. The number of carbonyl (C=O) groups is 3. The highest BCUT2D eigenvalue weighted by Gasteiger charge is 2.26. The summed E-state index contributed by atoms with van der Waals surface area (Å²) < 4.78 is 11.1.